The quantitative estimate of drug-likeness (QED) is 0.849. The van der Waals surface area contributed by atoms with Gasteiger partial charge >= 0.3 is 0 Å². The number of rotatable bonds is 6. The Hall–Kier alpha value is -1.39. The highest BCUT2D eigenvalue weighted by atomic mass is 16.2. The van der Waals surface area contributed by atoms with Crippen LogP contribution in [0.1, 0.15) is 37.3 Å². The summed E-state index contributed by atoms with van der Waals surface area (Å²) in [7, 11) is 0. The van der Waals surface area contributed by atoms with Gasteiger partial charge in [0.1, 0.15) is 0 Å². The van der Waals surface area contributed by atoms with Crippen LogP contribution in [-0.4, -0.2) is 43.0 Å². The average Bonchev–Trinajstić information content (AvgIpc) is 2.51. The van der Waals surface area contributed by atoms with Crippen molar-refractivity contribution in [1.29, 1.82) is 0 Å². The molecule has 122 valence electrons. The Labute approximate surface area is 134 Å². The third-order valence-corrected chi connectivity index (χ3v) is 4.47. The van der Waals surface area contributed by atoms with Crippen LogP contribution in [0.25, 0.3) is 0 Å². The molecule has 1 aliphatic heterocycles. The molecule has 2 rings (SSSR count). The van der Waals surface area contributed by atoms with E-state index in [0.717, 1.165) is 44.6 Å². The number of hydrogen-bond acceptors (Lipinski definition) is 3. The molecule has 0 aromatic heterocycles. The van der Waals surface area contributed by atoms with Gasteiger partial charge in [0.2, 0.25) is 5.91 Å². The fourth-order valence-electron chi connectivity index (χ4n) is 3.05. The van der Waals surface area contributed by atoms with E-state index < -0.39 is 0 Å². The minimum atomic E-state index is 0.0928. The summed E-state index contributed by atoms with van der Waals surface area (Å²) >= 11 is 0. The lowest BCUT2D eigenvalue weighted by Gasteiger charge is -2.34. The normalized spacial score (nSPS) is 16.0. The van der Waals surface area contributed by atoms with Gasteiger partial charge in [-0.3, -0.25) is 9.69 Å². The second-order valence-electron chi connectivity index (χ2n) is 6.30. The first-order valence-electron chi connectivity index (χ1n) is 8.42. The molecular weight excluding hydrogens is 274 g/mol. The van der Waals surface area contributed by atoms with Crippen LogP contribution in [0.5, 0.6) is 0 Å². The van der Waals surface area contributed by atoms with E-state index in [9.17, 15) is 4.79 Å². The molecule has 22 heavy (non-hydrogen) atoms. The number of aryl methyl sites for hydroxylation is 2. The fraction of sp³-hybridized carbons (Fsp3) is 0.611. The van der Waals surface area contributed by atoms with Gasteiger partial charge in [-0.05, 0) is 76.0 Å². The topological polar surface area (TPSA) is 44.4 Å². The Bertz CT molecular complexity index is 495. The number of benzene rings is 1. The number of carbonyl (C=O) groups excluding carboxylic acids is 1. The summed E-state index contributed by atoms with van der Waals surface area (Å²) < 4.78 is 0. The van der Waals surface area contributed by atoms with Crippen molar-refractivity contribution in [1.82, 2.24) is 10.2 Å². The Balaban J connectivity index is 1.93. The predicted molar refractivity (Wildman–Crippen MR) is 92.3 cm³/mol. The molecule has 1 aliphatic rings. The van der Waals surface area contributed by atoms with E-state index in [1.54, 1.807) is 0 Å². The lowest BCUT2D eigenvalue weighted by Crippen LogP contribution is -2.46. The molecule has 0 radical (unpaired) electrons. The number of amides is 1. The molecule has 0 atom stereocenters. The van der Waals surface area contributed by atoms with Gasteiger partial charge in [0, 0.05) is 11.7 Å². The second kappa shape index (κ2) is 8.30. The van der Waals surface area contributed by atoms with E-state index in [0.29, 0.717) is 12.6 Å². The number of nitrogens with zero attached hydrogens (tertiary/aromatic N) is 1. The molecule has 1 aromatic carbocycles. The summed E-state index contributed by atoms with van der Waals surface area (Å²) in [5, 5.41) is 6.43. The molecule has 2 N–H and O–H groups in total. The maximum atomic E-state index is 12.4. The summed E-state index contributed by atoms with van der Waals surface area (Å²) in [6, 6.07) is 6.62. The SMILES string of the molecule is CCCN(CC(=O)Nc1ccc(C)c(C)c1)C1CCNCC1. The van der Waals surface area contributed by atoms with Crippen molar-refractivity contribution < 1.29 is 4.79 Å². The molecule has 0 saturated carbocycles. The predicted octanol–water partition coefficient (Wildman–Crippen LogP) is 2.71. The van der Waals surface area contributed by atoms with E-state index >= 15 is 0 Å². The number of nitrogens with one attached hydrogen (secondary N) is 2. The van der Waals surface area contributed by atoms with Gasteiger partial charge < -0.3 is 10.6 Å². The van der Waals surface area contributed by atoms with E-state index in [2.05, 4.69) is 42.4 Å². The highest BCUT2D eigenvalue weighted by molar-refractivity contribution is 5.92. The maximum absolute atomic E-state index is 12.4. The van der Waals surface area contributed by atoms with Crippen LogP contribution < -0.4 is 10.6 Å². The first kappa shape index (κ1) is 17.0. The maximum Gasteiger partial charge on any atom is 0.238 e. The molecule has 0 bridgehead atoms. The van der Waals surface area contributed by atoms with Gasteiger partial charge in [-0.15, -0.1) is 0 Å². The van der Waals surface area contributed by atoms with Crippen molar-refractivity contribution >= 4 is 11.6 Å². The molecule has 1 heterocycles. The Morgan fingerprint density at radius 1 is 1.27 bits per heavy atom. The molecule has 4 nitrogen and oxygen atoms in total. The van der Waals surface area contributed by atoms with Gasteiger partial charge in [0.25, 0.3) is 0 Å². The van der Waals surface area contributed by atoms with Gasteiger partial charge in [0.15, 0.2) is 0 Å². The van der Waals surface area contributed by atoms with Crippen molar-refractivity contribution in [3.05, 3.63) is 29.3 Å². The third kappa shape index (κ3) is 4.82. The van der Waals surface area contributed by atoms with Gasteiger partial charge in [0.05, 0.1) is 6.54 Å². The molecule has 1 fully saturated rings. The van der Waals surface area contributed by atoms with Gasteiger partial charge in [-0.1, -0.05) is 13.0 Å². The summed E-state index contributed by atoms with van der Waals surface area (Å²) in [5.41, 5.74) is 3.36. The fourth-order valence-corrected chi connectivity index (χ4v) is 3.05. The zero-order chi connectivity index (χ0) is 15.9. The van der Waals surface area contributed by atoms with Crippen LogP contribution in [0.2, 0.25) is 0 Å². The molecule has 0 aliphatic carbocycles. The van der Waals surface area contributed by atoms with Gasteiger partial charge in [-0.2, -0.15) is 0 Å². The molecule has 4 heteroatoms. The largest absolute Gasteiger partial charge is 0.325 e. The number of piperidine rings is 1. The lowest BCUT2D eigenvalue weighted by molar-refractivity contribution is -0.118. The molecular formula is C18H29N3O. The summed E-state index contributed by atoms with van der Waals surface area (Å²) in [6.07, 6.45) is 3.36. The minimum absolute atomic E-state index is 0.0928. The van der Waals surface area contributed by atoms with Crippen LogP contribution in [0, 0.1) is 13.8 Å². The van der Waals surface area contributed by atoms with E-state index in [1.807, 2.05) is 12.1 Å². The third-order valence-electron chi connectivity index (χ3n) is 4.47. The average molecular weight is 303 g/mol. The van der Waals surface area contributed by atoms with Crippen molar-refractivity contribution in [3.63, 3.8) is 0 Å². The highest BCUT2D eigenvalue weighted by Crippen LogP contribution is 2.15. The Kier molecular flexibility index (Phi) is 6.40. The summed E-state index contributed by atoms with van der Waals surface area (Å²) in [6.45, 7) is 9.93. The lowest BCUT2D eigenvalue weighted by atomic mass is 10.0. The monoisotopic (exact) mass is 303 g/mol. The second-order valence-corrected chi connectivity index (χ2v) is 6.30. The number of carbonyl (C=O) groups is 1. The van der Waals surface area contributed by atoms with E-state index in [1.165, 1.54) is 11.1 Å². The van der Waals surface area contributed by atoms with Crippen LogP contribution in [0.3, 0.4) is 0 Å². The van der Waals surface area contributed by atoms with Crippen molar-refractivity contribution in [2.45, 2.75) is 46.1 Å². The van der Waals surface area contributed by atoms with Crippen LogP contribution >= 0.6 is 0 Å². The minimum Gasteiger partial charge on any atom is -0.325 e. The first-order valence-corrected chi connectivity index (χ1v) is 8.42. The van der Waals surface area contributed by atoms with Crippen LogP contribution in [0.15, 0.2) is 18.2 Å². The van der Waals surface area contributed by atoms with Crippen molar-refractivity contribution in [2.75, 3.05) is 31.5 Å². The molecule has 1 saturated heterocycles. The van der Waals surface area contributed by atoms with E-state index in [4.69, 9.17) is 0 Å². The van der Waals surface area contributed by atoms with Crippen molar-refractivity contribution in [2.24, 2.45) is 0 Å². The summed E-state index contributed by atoms with van der Waals surface area (Å²) in [4.78, 5) is 14.7. The van der Waals surface area contributed by atoms with Gasteiger partial charge in [-0.25, -0.2) is 0 Å². The van der Waals surface area contributed by atoms with Crippen molar-refractivity contribution in [3.8, 4) is 0 Å². The number of hydrogen-bond donors (Lipinski definition) is 2. The zero-order valence-corrected chi connectivity index (χ0v) is 14.1. The zero-order valence-electron chi connectivity index (χ0n) is 14.1. The standard InChI is InChI=1S/C18H29N3O/c1-4-11-21(17-7-9-19-10-8-17)13-18(22)20-16-6-5-14(2)15(3)12-16/h5-6,12,17,19H,4,7-11,13H2,1-3H3,(H,20,22). The molecule has 0 spiro atoms. The Morgan fingerprint density at radius 3 is 2.64 bits per heavy atom. The number of anilines is 1. The first-order chi connectivity index (χ1) is 10.6. The summed E-state index contributed by atoms with van der Waals surface area (Å²) in [5.74, 6) is 0.0928. The highest BCUT2D eigenvalue weighted by Gasteiger charge is 2.22. The van der Waals surface area contributed by atoms with Crippen LogP contribution in [-0.2, 0) is 4.79 Å². The smallest absolute Gasteiger partial charge is 0.238 e. The molecule has 1 amide bonds. The molecule has 0 unspecified atom stereocenters. The van der Waals surface area contributed by atoms with E-state index in [-0.39, 0.29) is 5.91 Å². The van der Waals surface area contributed by atoms with Crippen LogP contribution in [0.4, 0.5) is 5.69 Å². The Morgan fingerprint density at radius 2 is 2.00 bits per heavy atom. The molecule has 1 aromatic rings.